The number of anilines is 2. The molecule has 1 aromatic carbocycles. The van der Waals surface area contributed by atoms with Crippen LogP contribution in [0.2, 0.25) is 0 Å². The first-order chi connectivity index (χ1) is 11.5. The van der Waals surface area contributed by atoms with Gasteiger partial charge in [-0.15, -0.1) is 0 Å². The second-order valence-electron chi connectivity index (χ2n) is 6.15. The second kappa shape index (κ2) is 8.43. The Bertz CT molecular complexity index is 675. The molecular formula is C19H26N4O. The summed E-state index contributed by atoms with van der Waals surface area (Å²) in [5.41, 5.74) is 3.54. The van der Waals surface area contributed by atoms with E-state index in [1.54, 1.807) is 12.3 Å². The monoisotopic (exact) mass is 326 g/mol. The van der Waals surface area contributed by atoms with Crippen molar-refractivity contribution in [1.82, 2.24) is 9.97 Å². The van der Waals surface area contributed by atoms with E-state index in [-0.39, 0.29) is 5.91 Å². The van der Waals surface area contributed by atoms with Crippen LogP contribution in [0.5, 0.6) is 0 Å². The van der Waals surface area contributed by atoms with Crippen molar-refractivity contribution in [3.05, 3.63) is 47.3 Å². The lowest BCUT2D eigenvalue weighted by molar-refractivity contribution is 0.102. The Kier molecular flexibility index (Phi) is 6.29. The van der Waals surface area contributed by atoms with Gasteiger partial charge in [-0.05, 0) is 36.0 Å². The molecule has 0 saturated carbocycles. The Morgan fingerprint density at radius 1 is 1.12 bits per heavy atom. The maximum atomic E-state index is 12.6. The molecule has 2 rings (SSSR count). The molecule has 5 nitrogen and oxygen atoms in total. The highest BCUT2D eigenvalue weighted by Gasteiger charge is 2.13. The van der Waals surface area contributed by atoms with E-state index in [4.69, 9.17) is 0 Å². The number of carbonyl (C=O) groups excluding carboxylic acids is 1. The van der Waals surface area contributed by atoms with Crippen molar-refractivity contribution in [2.24, 2.45) is 5.92 Å². The van der Waals surface area contributed by atoms with Gasteiger partial charge in [0.25, 0.3) is 5.91 Å². The summed E-state index contributed by atoms with van der Waals surface area (Å²) in [4.78, 5) is 21.1. The lowest BCUT2D eigenvalue weighted by Crippen LogP contribution is -2.18. The van der Waals surface area contributed by atoms with Crippen molar-refractivity contribution in [2.75, 3.05) is 17.2 Å². The number of carbonyl (C=O) groups is 1. The zero-order valence-electron chi connectivity index (χ0n) is 14.9. The molecule has 0 aliphatic rings. The Labute approximate surface area is 143 Å². The largest absolute Gasteiger partial charge is 0.354 e. The lowest BCUT2D eigenvalue weighted by atomic mass is 10.0. The predicted octanol–water partition coefficient (Wildman–Crippen LogP) is 3.92. The molecule has 0 fully saturated rings. The molecule has 0 saturated heterocycles. The Morgan fingerprint density at radius 2 is 1.79 bits per heavy atom. The first-order valence-corrected chi connectivity index (χ1v) is 8.54. The van der Waals surface area contributed by atoms with Gasteiger partial charge in [-0.3, -0.25) is 4.79 Å². The fourth-order valence-electron chi connectivity index (χ4n) is 2.45. The van der Waals surface area contributed by atoms with Gasteiger partial charge < -0.3 is 10.6 Å². The number of nitrogens with zero attached hydrogens (tertiary/aromatic N) is 2. The number of para-hydroxylation sites is 1. The maximum absolute atomic E-state index is 12.6. The van der Waals surface area contributed by atoms with E-state index in [1.165, 1.54) is 0 Å². The van der Waals surface area contributed by atoms with Crippen LogP contribution in [-0.2, 0) is 12.8 Å². The fraction of sp³-hybridized carbons (Fsp3) is 0.421. The highest BCUT2D eigenvalue weighted by Crippen LogP contribution is 2.23. The van der Waals surface area contributed by atoms with E-state index in [0.29, 0.717) is 17.6 Å². The number of hydrogen-bond donors (Lipinski definition) is 2. The number of rotatable bonds is 7. The van der Waals surface area contributed by atoms with Crippen LogP contribution in [0.4, 0.5) is 11.6 Å². The van der Waals surface area contributed by atoms with Gasteiger partial charge in [0.05, 0.1) is 0 Å². The van der Waals surface area contributed by atoms with Crippen LogP contribution in [0.25, 0.3) is 0 Å². The third-order valence-corrected chi connectivity index (χ3v) is 3.79. The summed E-state index contributed by atoms with van der Waals surface area (Å²) in [6.07, 6.45) is 3.35. The standard InChI is InChI=1S/C19H26N4O/c1-5-14-8-7-9-15(6-2)17(14)23-18(24)16-10-11-20-19(22-16)21-12-13(3)4/h7-11,13H,5-6,12H2,1-4H3,(H,23,24)(H,20,21,22). The van der Waals surface area contributed by atoms with Gasteiger partial charge in [0.15, 0.2) is 0 Å². The smallest absolute Gasteiger partial charge is 0.274 e. The highest BCUT2D eigenvalue weighted by atomic mass is 16.1. The van der Waals surface area contributed by atoms with E-state index >= 15 is 0 Å². The first-order valence-electron chi connectivity index (χ1n) is 8.54. The summed E-state index contributed by atoms with van der Waals surface area (Å²) in [6, 6.07) is 7.76. The minimum atomic E-state index is -0.208. The van der Waals surface area contributed by atoms with Crippen LogP contribution in [0.1, 0.15) is 49.3 Å². The number of aryl methyl sites for hydroxylation is 2. The van der Waals surface area contributed by atoms with Gasteiger partial charge in [-0.25, -0.2) is 9.97 Å². The Balaban J connectivity index is 2.20. The van der Waals surface area contributed by atoms with Crippen molar-refractivity contribution >= 4 is 17.5 Å². The first kappa shape index (κ1) is 17.9. The van der Waals surface area contributed by atoms with Crippen molar-refractivity contribution in [3.63, 3.8) is 0 Å². The number of aromatic nitrogens is 2. The quantitative estimate of drug-likeness (QED) is 0.809. The van der Waals surface area contributed by atoms with E-state index in [1.807, 2.05) is 18.2 Å². The van der Waals surface area contributed by atoms with Crippen molar-refractivity contribution in [3.8, 4) is 0 Å². The minimum Gasteiger partial charge on any atom is -0.354 e. The summed E-state index contributed by atoms with van der Waals surface area (Å²) < 4.78 is 0. The van der Waals surface area contributed by atoms with Gasteiger partial charge >= 0.3 is 0 Å². The average molecular weight is 326 g/mol. The molecule has 24 heavy (non-hydrogen) atoms. The minimum absolute atomic E-state index is 0.208. The Hall–Kier alpha value is -2.43. The summed E-state index contributed by atoms with van der Waals surface area (Å²) in [5, 5.41) is 6.18. The molecule has 0 bridgehead atoms. The second-order valence-corrected chi connectivity index (χ2v) is 6.15. The van der Waals surface area contributed by atoms with Gasteiger partial charge in [-0.1, -0.05) is 45.9 Å². The topological polar surface area (TPSA) is 66.9 Å². The molecule has 2 aromatic rings. The molecule has 1 aromatic heterocycles. The normalized spacial score (nSPS) is 10.7. The van der Waals surface area contributed by atoms with E-state index in [9.17, 15) is 4.79 Å². The van der Waals surface area contributed by atoms with Crippen LogP contribution >= 0.6 is 0 Å². The molecule has 1 heterocycles. The van der Waals surface area contributed by atoms with Crippen molar-refractivity contribution in [2.45, 2.75) is 40.5 Å². The number of benzene rings is 1. The number of hydrogen-bond acceptors (Lipinski definition) is 4. The molecule has 5 heteroatoms. The Morgan fingerprint density at radius 3 is 2.38 bits per heavy atom. The van der Waals surface area contributed by atoms with E-state index in [2.05, 4.69) is 48.3 Å². The summed E-state index contributed by atoms with van der Waals surface area (Å²) in [7, 11) is 0. The van der Waals surface area contributed by atoms with Gasteiger partial charge in [-0.2, -0.15) is 0 Å². The molecule has 0 aliphatic carbocycles. The third-order valence-electron chi connectivity index (χ3n) is 3.79. The van der Waals surface area contributed by atoms with Gasteiger partial charge in [0, 0.05) is 18.4 Å². The van der Waals surface area contributed by atoms with Crippen LogP contribution in [0.3, 0.4) is 0 Å². The van der Waals surface area contributed by atoms with Crippen LogP contribution in [-0.4, -0.2) is 22.4 Å². The number of nitrogens with one attached hydrogen (secondary N) is 2. The average Bonchev–Trinajstić information content (AvgIpc) is 2.60. The molecule has 0 unspecified atom stereocenters. The molecule has 1 amide bonds. The molecule has 0 radical (unpaired) electrons. The van der Waals surface area contributed by atoms with E-state index in [0.717, 1.165) is 36.2 Å². The molecule has 0 atom stereocenters. The SMILES string of the molecule is CCc1cccc(CC)c1NC(=O)c1ccnc(NCC(C)C)n1. The number of amides is 1. The van der Waals surface area contributed by atoms with Crippen molar-refractivity contribution < 1.29 is 4.79 Å². The van der Waals surface area contributed by atoms with Crippen LogP contribution in [0, 0.1) is 5.92 Å². The molecule has 0 aliphatic heterocycles. The maximum Gasteiger partial charge on any atom is 0.274 e. The zero-order chi connectivity index (χ0) is 17.5. The van der Waals surface area contributed by atoms with Crippen LogP contribution in [0.15, 0.2) is 30.5 Å². The molecule has 128 valence electrons. The summed E-state index contributed by atoms with van der Waals surface area (Å²) in [5.74, 6) is 0.756. The third kappa shape index (κ3) is 4.54. The molecular weight excluding hydrogens is 300 g/mol. The zero-order valence-corrected chi connectivity index (χ0v) is 14.9. The predicted molar refractivity (Wildman–Crippen MR) is 98.5 cm³/mol. The summed E-state index contributed by atoms with van der Waals surface area (Å²) >= 11 is 0. The lowest BCUT2D eigenvalue weighted by Gasteiger charge is -2.14. The van der Waals surface area contributed by atoms with Crippen LogP contribution < -0.4 is 10.6 Å². The fourth-order valence-corrected chi connectivity index (χ4v) is 2.45. The van der Waals surface area contributed by atoms with Crippen molar-refractivity contribution in [1.29, 1.82) is 0 Å². The molecule has 0 spiro atoms. The highest BCUT2D eigenvalue weighted by molar-refractivity contribution is 6.03. The summed E-state index contributed by atoms with van der Waals surface area (Å²) in [6.45, 7) is 9.16. The molecule has 2 N–H and O–H groups in total. The van der Waals surface area contributed by atoms with E-state index < -0.39 is 0 Å². The van der Waals surface area contributed by atoms with Gasteiger partial charge in [0.1, 0.15) is 5.69 Å². The van der Waals surface area contributed by atoms with Gasteiger partial charge in [0.2, 0.25) is 5.95 Å².